The monoisotopic (exact) mass is 317 g/mol. The molecule has 1 fully saturated rings. The summed E-state index contributed by atoms with van der Waals surface area (Å²) in [6, 6.07) is 6.91. The molecule has 98 valence electrons. The minimum absolute atomic E-state index is 0.715. The van der Waals surface area contributed by atoms with Gasteiger partial charge in [-0.1, -0.05) is 28.1 Å². The normalized spacial score (nSPS) is 14.6. The van der Waals surface area contributed by atoms with Crippen LogP contribution in [0.5, 0.6) is 0 Å². The lowest BCUT2D eigenvalue weighted by molar-refractivity contribution is 0.683. The number of halogens is 1. The van der Waals surface area contributed by atoms with Crippen molar-refractivity contribution in [1.29, 1.82) is 0 Å². The quantitative estimate of drug-likeness (QED) is 0.938. The first-order valence-electron chi connectivity index (χ1n) is 6.53. The minimum Gasteiger partial charge on any atom is -0.310 e. The first-order valence-corrected chi connectivity index (χ1v) is 7.32. The van der Waals surface area contributed by atoms with Crippen molar-refractivity contribution in [3.8, 4) is 11.4 Å². The lowest BCUT2D eigenvalue weighted by atomic mass is 10.1. The van der Waals surface area contributed by atoms with Gasteiger partial charge in [0.05, 0.1) is 0 Å². The van der Waals surface area contributed by atoms with Gasteiger partial charge in [0, 0.05) is 40.6 Å². The van der Waals surface area contributed by atoms with Crippen LogP contribution in [0.1, 0.15) is 24.0 Å². The Morgan fingerprint density at radius 2 is 2.00 bits per heavy atom. The van der Waals surface area contributed by atoms with E-state index in [0.717, 1.165) is 28.0 Å². The first kappa shape index (κ1) is 12.8. The van der Waals surface area contributed by atoms with Crippen molar-refractivity contribution >= 4 is 15.9 Å². The molecule has 1 aliphatic rings. The van der Waals surface area contributed by atoms with Gasteiger partial charge >= 0.3 is 0 Å². The molecule has 0 amide bonds. The van der Waals surface area contributed by atoms with Gasteiger partial charge in [-0.05, 0) is 31.4 Å². The van der Waals surface area contributed by atoms with Gasteiger partial charge in [0.15, 0.2) is 5.82 Å². The van der Waals surface area contributed by atoms with Crippen LogP contribution in [-0.2, 0) is 6.54 Å². The molecule has 1 aromatic heterocycles. The van der Waals surface area contributed by atoms with Crippen LogP contribution in [0.2, 0.25) is 0 Å². The molecule has 0 unspecified atom stereocenters. The largest absolute Gasteiger partial charge is 0.310 e. The Hall–Kier alpha value is -1.26. The topological polar surface area (TPSA) is 37.8 Å². The molecule has 19 heavy (non-hydrogen) atoms. The fraction of sp³-hybridized carbons (Fsp3) is 0.333. The number of nitrogens with one attached hydrogen (secondary N) is 1. The maximum Gasteiger partial charge on any atom is 0.159 e. The Balaban J connectivity index is 1.74. The average molecular weight is 318 g/mol. The highest BCUT2D eigenvalue weighted by molar-refractivity contribution is 9.10. The zero-order valence-corrected chi connectivity index (χ0v) is 12.4. The van der Waals surface area contributed by atoms with E-state index in [9.17, 15) is 0 Å². The maximum absolute atomic E-state index is 4.45. The smallest absolute Gasteiger partial charge is 0.159 e. The van der Waals surface area contributed by atoms with Crippen LogP contribution in [-0.4, -0.2) is 16.0 Å². The summed E-state index contributed by atoms with van der Waals surface area (Å²) in [6.45, 7) is 2.93. The standard InChI is InChI=1S/C15H16BrN3/c1-10-2-3-12(6-14(10)16)15-18-8-11(9-19-15)7-17-13-4-5-13/h2-3,6,8-9,13,17H,4-5,7H2,1H3. The molecule has 0 aliphatic heterocycles. The Kier molecular flexibility index (Phi) is 3.62. The number of hydrogen-bond acceptors (Lipinski definition) is 3. The summed E-state index contributed by atoms with van der Waals surface area (Å²) in [5.74, 6) is 0.774. The van der Waals surface area contributed by atoms with Crippen molar-refractivity contribution in [2.24, 2.45) is 0 Å². The van der Waals surface area contributed by atoms with Gasteiger partial charge in [0.1, 0.15) is 0 Å². The molecule has 0 radical (unpaired) electrons. The van der Waals surface area contributed by atoms with Crippen LogP contribution >= 0.6 is 15.9 Å². The number of hydrogen-bond donors (Lipinski definition) is 1. The van der Waals surface area contributed by atoms with Gasteiger partial charge in [-0.2, -0.15) is 0 Å². The van der Waals surface area contributed by atoms with Gasteiger partial charge in [-0.15, -0.1) is 0 Å². The predicted octanol–water partition coefficient (Wildman–Crippen LogP) is 3.47. The van der Waals surface area contributed by atoms with Gasteiger partial charge < -0.3 is 5.32 Å². The molecule has 3 rings (SSSR count). The van der Waals surface area contributed by atoms with E-state index in [4.69, 9.17) is 0 Å². The van der Waals surface area contributed by atoms with Crippen LogP contribution in [0.4, 0.5) is 0 Å². The highest BCUT2D eigenvalue weighted by Gasteiger charge is 2.19. The zero-order valence-electron chi connectivity index (χ0n) is 10.9. The molecule has 4 heteroatoms. The maximum atomic E-state index is 4.45. The van der Waals surface area contributed by atoms with Crippen molar-refractivity contribution in [3.05, 3.63) is 46.2 Å². The van der Waals surface area contributed by atoms with E-state index in [1.165, 1.54) is 18.4 Å². The van der Waals surface area contributed by atoms with Crippen molar-refractivity contribution in [3.63, 3.8) is 0 Å². The summed E-state index contributed by atoms with van der Waals surface area (Å²) >= 11 is 3.54. The van der Waals surface area contributed by atoms with Gasteiger partial charge in [0.2, 0.25) is 0 Å². The van der Waals surface area contributed by atoms with Crippen LogP contribution in [0.15, 0.2) is 35.1 Å². The molecule has 1 saturated carbocycles. The van der Waals surface area contributed by atoms with Crippen molar-refractivity contribution in [2.45, 2.75) is 32.4 Å². The molecule has 0 bridgehead atoms. The van der Waals surface area contributed by atoms with E-state index < -0.39 is 0 Å². The number of nitrogens with zero attached hydrogens (tertiary/aromatic N) is 2. The Morgan fingerprint density at radius 3 is 2.63 bits per heavy atom. The highest BCUT2D eigenvalue weighted by Crippen LogP contribution is 2.23. The van der Waals surface area contributed by atoms with E-state index >= 15 is 0 Å². The highest BCUT2D eigenvalue weighted by atomic mass is 79.9. The lowest BCUT2D eigenvalue weighted by Gasteiger charge is -2.05. The van der Waals surface area contributed by atoms with Gasteiger partial charge in [-0.3, -0.25) is 0 Å². The molecular weight excluding hydrogens is 302 g/mol. The second-order valence-corrected chi connectivity index (χ2v) is 5.89. The van der Waals surface area contributed by atoms with Crippen LogP contribution in [0.3, 0.4) is 0 Å². The van der Waals surface area contributed by atoms with E-state index in [2.05, 4.69) is 56.3 Å². The molecular formula is C15H16BrN3. The SMILES string of the molecule is Cc1ccc(-c2ncc(CNC3CC3)cn2)cc1Br. The molecule has 1 aromatic carbocycles. The van der Waals surface area contributed by atoms with Gasteiger partial charge in [0.25, 0.3) is 0 Å². The van der Waals surface area contributed by atoms with E-state index in [1.807, 2.05) is 12.4 Å². The summed E-state index contributed by atoms with van der Waals surface area (Å²) in [6.07, 6.45) is 6.42. The third kappa shape index (κ3) is 3.19. The first-order chi connectivity index (χ1) is 9.22. The molecule has 0 saturated heterocycles. The summed E-state index contributed by atoms with van der Waals surface area (Å²) in [5, 5.41) is 3.46. The third-order valence-corrected chi connectivity index (χ3v) is 4.16. The summed E-state index contributed by atoms with van der Waals surface area (Å²) in [4.78, 5) is 8.89. The fourth-order valence-corrected chi connectivity index (χ4v) is 2.26. The zero-order chi connectivity index (χ0) is 13.2. The molecule has 0 spiro atoms. The number of aromatic nitrogens is 2. The second kappa shape index (κ2) is 5.39. The fourth-order valence-electron chi connectivity index (χ4n) is 1.88. The molecule has 0 atom stereocenters. The third-order valence-electron chi connectivity index (χ3n) is 3.31. The summed E-state index contributed by atoms with van der Waals surface area (Å²) in [7, 11) is 0. The van der Waals surface area contributed by atoms with E-state index in [-0.39, 0.29) is 0 Å². The van der Waals surface area contributed by atoms with Crippen molar-refractivity contribution in [2.75, 3.05) is 0 Å². The predicted molar refractivity (Wildman–Crippen MR) is 79.8 cm³/mol. The van der Waals surface area contributed by atoms with Crippen molar-refractivity contribution < 1.29 is 0 Å². The van der Waals surface area contributed by atoms with Crippen LogP contribution in [0, 0.1) is 6.92 Å². The Bertz CT molecular complexity index is 576. The van der Waals surface area contributed by atoms with Crippen LogP contribution in [0.25, 0.3) is 11.4 Å². The number of aryl methyl sites for hydroxylation is 1. The second-order valence-electron chi connectivity index (χ2n) is 5.03. The average Bonchev–Trinajstić information content (AvgIpc) is 3.24. The summed E-state index contributed by atoms with van der Waals surface area (Å²) in [5.41, 5.74) is 3.40. The molecule has 2 aromatic rings. The van der Waals surface area contributed by atoms with E-state index in [0.29, 0.717) is 6.04 Å². The number of benzene rings is 1. The molecule has 1 heterocycles. The van der Waals surface area contributed by atoms with Gasteiger partial charge in [-0.25, -0.2) is 9.97 Å². The van der Waals surface area contributed by atoms with Crippen molar-refractivity contribution in [1.82, 2.24) is 15.3 Å². The van der Waals surface area contributed by atoms with Crippen LogP contribution < -0.4 is 5.32 Å². The summed E-state index contributed by atoms with van der Waals surface area (Å²) < 4.78 is 1.09. The Morgan fingerprint density at radius 1 is 1.26 bits per heavy atom. The minimum atomic E-state index is 0.715. The Labute approximate surface area is 121 Å². The number of rotatable bonds is 4. The molecule has 3 nitrogen and oxygen atoms in total. The lowest BCUT2D eigenvalue weighted by Crippen LogP contribution is -2.15. The molecule has 1 aliphatic carbocycles. The van der Waals surface area contributed by atoms with E-state index in [1.54, 1.807) is 0 Å². The molecule has 1 N–H and O–H groups in total.